The number of hydrogen-bond donors (Lipinski definition) is 0. The lowest BCUT2D eigenvalue weighted by molar-refractivity contribution is 0.768. The summed E-state index contributed by atoms with van der Waals surface area (Å²) >= 11 is 0. The summed E-state index contributed by atoms with van der Waals surface area (Å²) in [6, 6.07) is 8.59. The molecule has 0 aliphatic carbocycles. The number of aryl methyl sites for hydroxylation is 2. The van der Waals surface area contributed by atoms with Crippen LogP contribution >= 0.6 is 0 Å². The fourth-order valence-electron chi connectivity index (χ4n) is 2.06. The Labute approximate surface area is 97.7 Å². The fraction of sp³-hybridized carbons (Fsp3) is 0.333. The first-order chi connectivity index (χ1) is 7.59. The molecule has 1 nitrogen and oxygen atoms in total. The Kier molecular flexibility index (Phi) is 2.86. The van der Waals surface area contributed by atoms with E-state index in [1.54, 1.807) is 0 Å². The van der Waals surface area contributed by atoms with Gasteiger partial charge in [0.25, 0.3) is 0 Å². The predicted molar refractivity (Wildman–Crippen MR) is 68.9 cm³/mol. The van der Waals surface area contributed by atoms with Crippen LogP contribution in [0.1, 0.15) is 27.9 Å². The van der Waals surface area contributed by atoms with E-state index in [9.17, 15) is 0 Å². The number of rotatable bonds is 2. The van der Waals surface area contributed by atoms with Crippen molar-refractivity contribution in [3.05, 3.63) is 58.4 Å². The van der Waals surface area contributed by atoms with Crippen LogP contribution in [0.15, 0.2) is 30.5 Å². The van der Waals surface area contributed by atoms with Gasteiger partial charge >= 0.3 is 0 Å². The van der Waals surface area contributed by atoms with Gasteiger partial charge in [-0.2, -0.15) is 0 Å². The molecule has 0 bridgehead atoms. The van der Waals surface area contributed by atoms with E-state index in [1.165, 1.54) is 27.9 Å². The minimum atomic E-state index is 0.979. The topological polar surface area (TPSA) is 4.93 Å². The van der Waals surface area contributed by atoms with Crippen molar-refractivity contribution >= 4 is 0 Å². The van der Waals surface area contributed by atoms with E-state index in [0.717, 1.165) is 6.54 Å². The SMILES string of the molecule is Cc1ccccc1Cn1cc(C)c(C)c1C. The molecule has 84 valence electrons. The van der Waals surface area contributed by atoms with Gasteiger partial charge in [-0.1, -0.05) is 24.3 Å². The highest BCUT2D eigenvalue weighted by Gasteiger charge is 2.06. The quantitative estimate of drug-likeness (QED) is 0.715. The van der Waals surface area contributed by atoms with Gasteiger partial charge in [0.15, 0.2) is 0 Å². The van der Waals surface area contributed by atoms with E-state index in [1.807, 2.05) is 0 Å². The van der Waals surface area contributed by atoms with Gasteiger partial charge in [0, 0.05) is 18.4 Å². The Bertz CT molecular complexity index is 506. The molecular formula is C15H19N. The van der Waals surface area contributed by atoms with Gasteiger partial charge in [0.2, 0.25) is 0 Å². The zero-order chi connectivity index (χ0) is 11.7. The lowest BCUT2D eigenvalue weighted by Gasteiger charge is -2.09. The first-order valence-corrected chi connectivity index (χ1v) is 5.77. The van der Waals surface area contributed by atoms with Crippen molar-refractivity contribution in [3.8, 4) is 0 Å². The van der Waals surface area contributed by atoms with Gasteiger partial charge in [-0.3, -0.25) is 0 Å². The monoisotopic (exact) mass is 213 g/mol. The maximum Gasteiger partial charge on any atom is 0.0475 e. The highest BCUT2D eigenvalue weighted by molar-refractivity contribution is 5.31. The summed E-state index contributed by atoms with van der Waals surface area (Å²) in [6.45, 7) is 9.72. The zero-order valence-corrected chi connectivity index (χ0v) is 10.5. The lowest BCUT2D eigenvalue weighted by Crippen LogP contribution is -2.02. The summed E-state index contributed by atoms with van der Waals surface area (Å²) in [7, 11) is 0. The molecule has 0 aliphatic rings. The molecule has 0 unspecified atom stereocenters. The maximum atomic E-state index is 2.34. The van der Waals surface area contributed by atoms with Crippen LogP contribution in [0.5, 0.6) is 0 Å². The number of nitrogens with zero attached hydrogens (tertiary/aromatic N) is 1. The van der Waals surface area contributed by atoms with Crippen molar-refractivity contribution < 1.29 is 0 Å². The Morgan fingerprint density at radius 1 is 0.938 bits per heavy atom. The van der Waals surface area contributed by atoms with E-state index in [-0.39, 0.29) is 0 Å². The van der Waals surface area contributed by atoms with E-state index in [4.69, 9.17) is 0 Å². The van der Waals surface area contributed by atoms with Gasteiger partial charge in [0.05, 0.1) is 0 Å². The molecule has 0 atom stereocenters. The molecule has 0 spiro atoms. The molecule has 0 radical (unpaired) electrons. The van der Waals surface area contributed by atoms with Crippen LogP contribution in [-0.4, -0.2) is 4.57 Å². The van der Waals surface area contributed by atoms with Crippen molar-refractivity contribution in [2.75, 3.05) is 0 Å². The van der Waals surface area contributed by atoms with Crippen LogP contribution in [0.4, 0.5) is 0 Å². The number of aromatic nitrogens is 1. The summed E-state index contributed by atoms with van der Waals surface area (Å²) in [5.74, 6) is 0. The molecule has 0 amide bonds. The minimum Gasteiger partial charge on any atom is -0.347 e. The van der Waals surface area contributed by atoms with Crippen LogP contribution in [0.3, 0.4) is 0 Å². The van der Waals surface area contributed by atoms with Gasteiger partial charge < -0.3 is 4.57 Å². The second-order valence-electron chi connectivity index (χ2n) is 4.58. The normalized spacial score (nSPS) is 10.8. The molecule has 1 aromatic carbocycles. The molecule has 2 aromatic rings. The van der Waals surface area contributed by atoms with Crippen LogP contribution in [0, 0.1) is 27.7 Å². The maximum absolute atomic E-state index is 2.34. The standard InChI is InChI=1S/C15H19N/c1-11-7-5-6-8-15(11)10-16-9-12(2)13(3)14(16)4/h5-9H,10H2,1-4H3. The second-order valence-corrected chi connectivity index (χ2v) is 4.58. The van der Waals surface area contributed by atoms with Gasteiger partial charge in [-0.25, -0.2) is 0 Å². The van der Waals surface area contributed by atoms with Crippen LogP contribution in [-0.2, 0) is 6.54 Å². The van der Waals surface area contributed by atoms with E-state index in [0.29, 0.717) is 0 Å². The van der Waals surface area contributed by atoms with Gasteiger partial charge in [0.1, 0.15) is 0 Å². The van der Waals surface area contributed by atoms with E-state index < -0.39 is 0 Å². The molecule has 0 aliphatic heterocycles. The average molecular weight is 213 g/mol. The first-order valence-electron chi connectivity index (χ1n) is 5.77. The fourth-order valence-corrected chi connectivity index (χ4v) is 2.06. The van der Waals surface area contributed by atoms with E-state index in [2.05, 4.69) is 62.7 Å². The molecule has 0 fully saturated rings. The largest absolute Gasteiger partial charge is 0.347 e. The number of hydrogen-bond acceptors (Lipinski definition) is 0. The molecule has 1 heteroatoms. The second kappa shape index (κ2) is 4.17. The van der Waals surface area contributed by atoms with Crippen molar-refractivity contribution in [1.29, 1.82) is 0 Å². The Hall–Kier alpha value is -1.50. The third-order valence-electron chi connectivity index (χ3n) is 3.52. The Morgan fingerprint density at radius 3 is 2.19 bits per heavy atom. The Balaban J connectivity index is 2.34. The molecule has 16 heavy (non-hydrogen) atoms. The minimum absolute atomic E-state index is 0.979. The molecule has 2 rings (SSSR count). The first kappa shape index (κ1) is 11.0. The van der Waals surface area contributed by atoms with Crippen molar-refractivity contribution in [3.63, 3.8) is 0 Å². The van der Waals surface area contributed by atoms with Gasteiger partial charge in [-0.05, 0) is 49.9 Å². The van der Waals surface area contributed by atoms with Crippen LogP contribution in [0.2, 0.25) is 0 Å². The molecule has 1 heterocycles. The molecule has 0 saturated heterocycles. The third-order valence-corrected chi connectivity index (χ3v) is 3.52. The summed E-state index contributed by atoms with van der Waals surface area (Å²) < 4.78 is 2.34. The van der Waals surface area contributed by atoms with Crippen molar-refractivity contribution in [1.82, 2.24) is 4.57 Å². The summed E-state index contributed by atoms with van der Waals surface area (Å²) in [5.41, 5.74) is 6.94. The molecule has 1 aromatic heterocycles. The predicted octanol–water partition coefficient (Wildman–Crippen LogP) is 3.77. The van der Waals surface area contributed by atoms with E-state index >= 15 is 0 Å². The van der Waals surface area contributed by atoms with Crippen molar-refractivity contribution in [2.24, 2.45) is 0 Å². The molecule has 0 N–H and O–H groups in total. The third kappa shape index (κ3) is 1.90. The zero-order valence-electron chi connectivity index (χ0n) is 10.5. The Morgan fingerprint density at radius 2 is 1.62 bits per heavy atom. The van der Waals surface area contributed by atoms with Gasteiger partial charge in [-0.15, -0.1) is 0 Å². The highest BCUT2D eigenvalue weighted by Crippen LogP contribution is 2.17. The molecule has 0 saturated carbocycles. The van der Waals surface area contributed by atoms with Crippen molar-refractivity contribution in [2.45, 2.75) is 34.2 Å². The summed E-state index contributed by atoms with van der Waals surface area (Å²) in [4.78, 5) is 0. The highest BCUT2D eigenvalue weighted by atomic mass is 15.0. The molecular weight excluding hydrogens is 194 g/mol. The smallest absolute Gasteiger partial charge is 0.0475 e. The summed E-state index contributed by atoms with van der Waals surface area (Å²) in [5, 5.41) is 0. The lowest BCUT2D eigenvalue weighted by atomic mass is 10.1. The number of benzene rings is 1. The average Bonchev–Trinajstić information content (AvgIpc) is 2.50. The van der Waals surface area contributed by atoms with Crippen LogP contribution < -0.4 is 0 Å². The summed E-state index contributed by atoms with van der Waals surface area (Å²) in [6.07, 6.45) is 2.25. The van der Waals surface area contributed by atoms with Crippen LogP contribution in [0.25, 0.3) is 0 Å².